The van der Waals surface area contributed by atoms with Crippen molar-refractivity contribution in [3.05, 3.63) is 95.6 Å². The Morgan fingerprint density at radius 1 is 0.914 bits per heavy atom. The van der Waals surface area contributed by atoms with E-state index in [1.807, 2.05) is 36.4 Å². The number of carboxylic acid groups (broad SMARTS) is 1. The standard InChI is InChI=1S/C28H26N2O5/c1-27(25(32)33,18-9-3-2-4-10-18)29-24(31)28(15-16-28)30-26(34)35-17-23-21-13-7-5-11-19(21)20-12-6-8-14-22(20)23/h2-14,23H,15-17H2,1H3,(H,29,31)(H,30,34)(H,32,33). The van der Waals surface area contributed by atoms with Crippen LogP contribution < -0.4 is 10.6 Å². The van der Waals surface area contributed by atoms with Crippen molar-refractivity contribution in [2.75, 3.05) is 6.61 Å². The van der Waals surface area contributed by atoms with Crippen LogP contribution >= 0.6 is 0 Å². The fourth-order valence-electron chi connectivity index (χ4n) is 4.73. The molecule has 178 valence electrons. The zero-order valence-corrected chi connectivity index (χ0v) is 19.3. The first kappa shape index (κ1) is 22.7. The summed E-state index contributed by atoms with van der Waals surface area (Å²) in [6.07, 6.45) is 0.123. The molecule has 1 unspecified atom stereocenters. The minimum Gasteiger partial charge on any atom is -0.479 e. The maximum atomic E-state index is 13.1. The molecule has 2 aliphatic rings. The molecule has 1 atom stereocenters. The predicted molar refractivity (Wildman–Crippen MR) is 130 cm³/mol. The summed E-state index contributed by atoms with van der Waals surface area (Å²) in [6, 6.07) is 24.6. The highest BCUT2D eigenvalue weighted by molar-refractivity contribution is 5.96. The Bertz CT molecular complexity index is 1260. The van der Waals surface area contributed by atoms with Gasteiger partial charge in [0.25, 0.3) is 0 Å². The molecule has 3 aromatic carbocycles. The quantitative estimate of drug-likeness (QED) is 0.481. The summed E-state index contributed by atoms with van der Waals surface area (Å²) in [4.78, 5) is 37.9. The summed E-state index contributed by atoms with van der Waals surface area (Å²) < 4.78 is 5.58. The van der Waals surface area contributed by atoms with Crippen LogP contribution in [0.2, 0.25) is 0 Å². The third kappa shape index (κ3) is 4.03. The lowest BCUT2D eigenvalue weighted by molar-refractivity contribution is -0.147. The largest absolute Gasteiger partial charge is 0.479 e. The molecule has 7 nitrogen and oxygen atoms in total. The number of aliphatic carboxylic acids is 1. The van der Waals surface area contributed by atoms with Crippen molar-refractivity contribution in [2.24, 2.45) is 0 Å². The Kier molecular flexibility index (Phi) is 5.55. The van der Waals surface area contributed by atoms with Crippen LogP contribution in [0.5, 0.6) is 0 Å². The van der Waals surface area contributed by atoms with Crippen LogP contribution in [-0.4, -0.2) is 35.2 Å². The van der Waals surface area contributed by atoms with Crippen molar-refractivity contribution in [1.82, 2.24) is 10.6 Å². The van der Waals surface area contributed by atoms with Crippen LogP contribution in [0, 0.1) is 0 Å². The number of hydrogen-bond acceptors (Lipinski definition) is 4. The van der Waals surface area contributed by atoms with Gasteiger partial charge < -0.3 is 20.5 Å². The number of amides is 2. The van der Waals surface area contributed by atoms with Gasteiger partial charge in [-0.1, -0.05) is 78.9 Å². The van der Waals surface area contributed by atoms with E-state index < -0.39 is 29.0 Å². The van der Waals surface area contributed by atoms with E-state index >= 15 is 0 Å². The Hall–Kier alpha value is -4.13. The second-order valence-electron chi connectivity index (χ2n) is 9.28. The minimum atomic E-state index is -1.63. The molecule has 1 fully saturated rings. The number of carbonyl (C=O) groups is 3. The van der Waals surface area contributed by atoms with Crippen LogP contribution in [0.25, 0.3) is 11.1 Å². The molecule has 3 aromatic rings. The minimum absolute atomic E-state index is 0.0921. The smallest absolute Gasteiger partial charge is 0.408 e. The molecular formula is C28H26N2O5. The van der Waals surface area contributed by atoms with E-state index in [4.69, 9.17) is 4.74 Å². The van der Waals surface area contributed by atoms with E-state index in [-0.39, 0.29) is 12.5 Å². The van der Waals surface area contributed by atoms with Crippen LogP contribution in [0.15, 0.2) is 78.9 Å². The second-order valence-corrected chi connectivity index (χ2v) is 9.28. The van der Waals surface area contributed by atoms with Crippen molar-refractivity contribution in [2.45, 2.75) is 36.8 Å². The predicted octanol–water partition coefficient (Wildman–Crippen LogP) is 4.17. The van der Waals surface area contributed by atoms with Crippen LogP contribution in [0.3, 0.4) is 0 Å². The van der Waals surface area contributed by atoms with E-state index in [9.17, 15) is 19.5 Å². The molecule has 1 saturated carbocycles. The monoisotopic (exact) mass is 470 g/mol. The Balaban J connectivity index is 1.26. The van der Waals surface area contributed by atoms with Gasteiger partial charge in [-0.3, -0.25) is 4.79 Å². The van der Waals surface area contributed by atoms with Gasteiger partial charge in [0.05, 0.1) is 0 Å². The van der Waals surface area contributed by atoms with Crippen molar-refractivity contribution in [3.8, 4) is 11.1 Å². The molecule has 2 aliphatic carbocycles. The molecule has 0 radical (unpaired) electrons. The Labute approximate surface area is 203 Å². The second kappa shape index (κ2) is 8.58. The van der Waals surface area contributed by atoms with Crippen LogP contribution in [-0.2, 0) is 19.9 Å². The fraction of sp³-hybridized carbons (Fsp3) is 0.250. The third-order valence-corrected chi connectivity index (χ3v) is 7.01. The molecule has 2 amide bonds. The first-order chi connectivity index (χ1) is 16.8. The molecule has 0 heterocycles. The molecule has 7 heteroatoms. The number of hydrogen-bond donors (Lipinski definition) is 3. The zero-order chi connectivity index (χ0) is 24.6. The molecule has 3 N–H and O–H groups in total. The third-order valence-electron chi connectivity index (χ3n) is 7.01. The van der Waals surface area contributed by atoms with Gasteiger partial charge in [-0.2, -0.15) is 0 Å². The van der Waals surface area contributed by atoms with Gasteiger partial charge in [-0.15, -0.1) is 0 Å². The average Bonchev–Trinajstić information content (AvgIpc) is 3.58. The van der Waals surface area contributed by atoms with Gasteiger partial charge >= 0.3 is 12.1 Å². The van der Waals surface area contributed by atoms with Gasteiger partial charge in [0.15, 0.2) is 5.54 Å². The van der Waals surface area contributed by atoms with Crippen molar-refractivity contribution in [1.29, 1.82) is 0 Å². The highest BCUT2D eigenvalue weighted by Crippen LogP contribution is 2.44. The number of fused-ring (bicyclic) bond motifs is 3. The van der Waals surface area contributed by atoms with E-state index in [0.717, 1.165) is 22.3 Å². The van der Waals surface area contributed by atoms with E-state index in [2.05, 4.69) is 22.8 Å². The van der Waals surface area contributed by atoms with Crippen LogP contribution in [0.4, 0.5) is 4.79 Å². The molecule has 0 aliphatic heterocycles. The molecule has 0 aromatic heterocycles. The fourth-order valence-corrected chi connectivity index (χ4v) is 4.73. The molecule has 35 heavy (non-hydrogen) atoms. The van der Waals surface area contributed by atoms with Crippen molar-refractivity contribution >= 4 is 18.0 Å². The number of ether oxygens (including phenoxy) is 1. The summed E-state index contributed by atoms with van der Waals surface area (Å²) in [6.45, 7) is 1.57. The van der Waals surface area contributed by atoms with Gasteiger partial charge in [-0.05, 0) is 47.6 Å². The van der Waals surface area contributed by atoms with Crippen molar-refractivity contribution < 1.29 is 24.2 Å². The number of rotatable bonds is 7. The SMILES string of the molecule is CC(NC(=O)C1(NC(=O)OCC2c3ccccc3-c3ccccc32)CC1)(C(=O)O)c1ccccc1. The lowest BCUT2D eigenvalue weighted by Crippen LogP contribution is -2.57. The molecule has 0 saturated heterocycles. The Morgan fingerprint density at radius 3 is 2.00 bits per heavy atom. The molecule has 5 rings (SSSR count). The van der Waals surface area contributed by atoms with Crippen molar-refractivity contribution in [3.63, 3.8) is 0 Å². The van der Waals surface area contributed by atoms with Gasteiger partial charge in [-0.25, -0.2) is 9.59 Å². The lowest BCUT2D eigenvalue weighted by Gasteiger charge is -2.29. The topological polar surface area (TPSA) is 105 Å². The zero-order valence-electron chi connectivity index (χ0n) is 19.3. The summed E-state index contributed by atoms with van der Waals surface area (Å²) in [5.74, 6) is -1.82. The maximum absolute atomic E-state index is 13.1. The summed E-state index contributed by atoms with van der Waals surface area (Å²) in [5, 5.41) is 15.2. The van der Waals surface area contributed by atoms with E-state index in [1.54, 1.807) is 30.3 Å². The molecular weight excluding hydrogens is 444 g/mol. The number of benzene rings is 3. The van der Waals surface area contributed by atoms with E-state index in [0.29, 0.717) is 18.4 Å². The lowest BCUT2D eigenvalue weighted by atomic mass is 9.91. The molecule has 0 spiro atoms. The first-order valence-corrected chi connectivity index (χ1v) is 11.6. The van der Waals surface area contributed by atoms with Crippen LogP contribution in [0.1, 0.15) is 42.4 Å². The number of nitrogens with one attached hydrogen (secondary N) is 2. The normalized spacial score (nSPS) is 16.8. The maximum Gasteiger partial charge on any atom is 0.408 e. The Morgan fingerprint density at radius 2 is 1.46 bits per heavy atom. The van der Waals surface area contributed by atoms with Gasteiger partial charge in [0, 0.05) is 5.92 Å². The highest BCUT2D eigenvalue weighted by atomic mass is 16.5. The first-order valence-electron chi connectivity index (χ1n) is 11.6. The van der Waals surface area contributed by atoms with E-state index in [1.165, 1.54) is 6.92 Å². The molecule has 0 bridgehead atoms. The summed E-state index contributed by atoms with van der Waals surface area (Å²) >= 11 is 0. The number of carboxylic acids is 1. The number of alkyl carbamates (subject to hydrolysis) is 1. The number of carbonyl (C=O) groups excluding carboxylic acids is 2. The summed E-state index contributed by atoms with van der Waals surface area (Å²) in [5.41, 5.74) is 2.09. The van der Waals surface area contributed by atoms with Gasteiger partial charge in [0.1, 0.15) is 12.1 Å². The summed E-state index contributed by atoms with van der Waals surface area (Å²) in [7, 11) is 0. The highest BCUT2D eigenvalue weighted by Gasteiger charge is 2.54. The average molecular weight is 471 g/mol. The van der Waals surface area contributed by atoms with Gasteiger partial charge in [0.2, 0.25) is 5.91 Å².